The van der Waals surface area contributed by atoms with Crippen LogP contribution in [0.15, 0.2) is 48.5 Å². The van der Waals surface area contributed by atoms with Gasteiger partial charge in [-0.1, -0.05) is 30.3 Å². The van der Waals surface area contributed by atoms with Crippen molar-refractivity contribution in [3.05, 3.63) is 59.9 Å². The zero-order chi connectivity index (χ0) is 20.6. The third-order valence-electron chi connectivity index (χ3n) is 4.90. The Labute approximate surface area is 170 Å². The van der Waals surface area contributed by atoms with Crippen molar-refractivity contribution < 1.29 is 18.7 Å². The van der Waals surface area contributed by atoms with Crippen molar-refractivity contribution in [3.63, 3.8) is 0 Å². The van der Waals surface area contributed by atoms with Crippen molar-refractivity contribution in [2.45, 2.75) is 19.9 Å². The largest absolute Gasteiger partial charge is 0.378 e. The number of anilines is 2. The lowest BCUT2D eigenvalue weighted by Crippen LogP contribution is -2.39. The third-order valence-corrected chi connectivity index (χ3v) is 4.90. The number of rotatable bonds is 7. The summed E-state index contributed by atoms with van der Waals surface area (Å²) in [6.45, 7) is 4.67. The average molecular weight is 399 g/mol. The van der Waals surface area contributed by atoms with Gasteiger partial charge >= 0.3 is 0 Å². The molecule has 0 aliphatic carbocycles. The minimum absolute atomic E-state index is 0.121. The van der Waals surface area contributed by atoms with Gasteiger partial charge in [-0.2, -0.15) is 0 Å². The molecule has 0 spiro atoms. The van der Waals surface area contributed by atoms with Crippen molar-refractivity contribution in [3.8, 4) is 0 Å². The third kappa shape index (κ3) is 5.54. The molecule has 0 aromatic heterocycles. The number of ether oxygens (including phenoxy) is 1. The van der Waals surface area contributed by atoms with Gasteiger partial charge < -0.3 is 19.9 Å². The fraction of sp³-hybridized carbons (Fsp3) is 0.364. The lowest BCUT2D eigenvalue weighted by molar-refractivity contribution is -0.121. The second kappa shape index (κ2) is 10.0. The van der Waals surface area contributed by atoms with Gasteiger partial charge in [0.25, 0.3) is 0 Å². The summed E-state index contributed by atoms with van der Waals surface area (Å²) in [5.74, 6) is -0.714. The van der Waals surface area contributed by atoms with E-state index in [4.69, 9.17) is 4.74 Å². The smallest absolute Gasteiger partial charge is 0.223 e. The normalized spacial score (nSPS) is 13.8. The first-order chi connectivity index (χ1) is 14.1. The van der Waals surface area contributed by atoms with Gasteiger partial charge in [-0.15, -0.1) is 0 Å². The Morgan fingerprint density at radius 1 is 1.10 bits per heavy atom. The Balaban J connectivity index is 1.64. The van der Waals surface area contributed by atoms with E-state index in [0.29, 0.717) is 18.8 Å². The lowest BCUT2D eigenvalue weighted by atomic mass is 10.2. The molecule has 1 aliphatic rings. The summed E-state index contributed by atoms with van der Waals surface area (Å²) in [7, 11) is 0. The molecule has 1 saturated heterocycles. The average Bonchev–Trinajstić information content (AvgIpc) is 2.74. The Morgan fingerprint density at radius 3 is 2.52 bits per heavy atom. The molecule has 2 amide bonds. The van der Waals surface area contributed by atoms with Crippen LogP contribution in [0.1, 0.15) is 18.9 Å². The fourth-order valence-corrected chi connectivity index (χ4v) is 3.35. The molecular weight excluding hydrogens is 373 g/mol. The van der Waals surface area contributed by atoms with Crippen LogP contribution >= 0.6 is 0 Å². The van der Waals surface area contributed by atoms with Gasteiger partial charge in [0.15, 0.2) is 0 Å². The molecule has 2 aromatic rings. The van der Waals surface area contributed by atoms with E-state index in [0.717, 1.165) is 24.5 Å². The maximum absolute atomic E-state index is 13.7. The number of para-hydroxylation sites is 2. The van der Waals surface area contributed by atoms with Gasteiger partial charge in [-0.3, -0.25) is 9.59 Å². The SMILES string of the molecule is CC(=O)N(CCC(=O)NCc1ccccc1F)c1ccccc1N1CCOCC1. The van der Waals surface area contributed by atoms with Crippen LogP contribution in [-0.4, -0.2) is 44.7 Å². The van der Waals surface area contributed by atoms with E-state index in [9.17, 15) is 14.0 Å². The maximum Gasteiger partial charge on any atom is 0.223 e. The molecule has 154 valence electrons. The number of carbonyl (C=O) groups excluding carboxylic acids is 2. The van der Waals surface area contributed by atoms with Crippen molar-refractivity contribution in [2.75, 3.05) is 42.6 Å². The first-order valence-corrected chi connectivity index (χ1v) is 9.76. The summed E-state index contributed by atoms with van der Waals surface area (Å²) >= 11 is 0. The van der Waals surface area contributed by atoms with Crippen LogP contribution in [-0.2, 0) is 20.9 Å². The molecule has 1 N–H and O–H groups in total. The van der Waals surface area contributed by atoms with E-state index in [-0.39, 0.29) is 37.1 Å². The van der Waals surface area contributed by atoms with Gasteiger partial charge in [0.05, 0.1) is 24.6 Å². The molecule has 0 bridgehead atoms. The number of benzene rings is 2. The van der Waals surface area contributed by atoms with Gasteiger partial charge in [0.2, 0.25) is 11.8 Å². The molecule has 6 nitrogen and oxygen atoms in total. The van der Waals surface area contributed by atoms with Crippen LogP contribution in [0.3, 0.4) is 0 Å². The minimum atomic E-state index is -0.349. The van der Waals surface area contributed by atoms with Crippen LogP contribution < -0.4 is 15.1 Å². The lowest BCUT2D eigenvalue weighted by Gasteiger charge is -2.33. The van der Waals surface area contributed by atoms with E-state index in [1.54, 1.807) is 23.1 Å². The minimum Gasteiger partial charge on any atom is -0.378 e. The quantitative estimate of drug-likeness (QED) is 0.778. The van der Waals surface area contributed by atoms with Gasteiger partial charge in [0, 0.05) is 45.1 Å². The summed E-state index contributed by atoms with van der Waals surface area (Å²) in [4.78, 5) is 28.4. The van der Waals surface area contributed by atoms with E-state index in [1.165, 1.54) is 13.0 Å². The Kier molecular flexibility index (Phi) is 7.19. The van der Waals surface area contributed by atoms with E-state index < -0.39 is 0 Å². The van der Waals surface area contributed by atoms with Crippen molar-refractivity contribution in [1.82, 2.24) is 5.32 Å². The predicted octanol–water partition coefficient (Wildman–Crippen LogP) is 2.72. The highest BCUT2D eigenvalue weighted by Gasteiger charge is 2.21. The zero-order valence-corrected chi connectivity index (χ0v) is 16.6. The van der Waals surface area contributed by atoms with Crippen LogP contribution in [0.4, 0.5) is 15.8 Å². The number of amides is 2. The van der Waals surface area contributed by atoms with Crippen molar-refractivity contribution >= 4 is 23.2 Å². The molecule has 0 radical (unpaired) electrons. The van der Waals surface area contributed by atoms with Crippen LogP contribution in [0.5, 0.6) is 0 Å². The van der Waals surface area contributed by atoms with Crippen LogP contribution in [0, 0.1) is 5.82 Å². The number of nitrogens with one attached hydrogen (secondary N) is 1. The second-order valence-electron chi connectivity index (χ2n) is 6.88. The first-order valence-electron chi connectivity index (χ1n) is 9.76. The van der Waals surface area contributed by atoms with Crippen LogP contribution in [0.2, 0.25) is 0 Å². The van der Waals surface area contributed by atoms with Crippen LogP contribution in [0.25, 0.3) is 0 Å². The number of morpholine rings is 1. The topological polar surface area (TPSA) is 61.9 Å². The molecule has 0 atom stereocenters. The number of carbonyl (C=O) groups is 2. The highest BCUT2D eigenvalue weighted by Crippen LogP contribution is 2.30. The second-order valence-corrected chi connectivity index (χ2v) is 6.88. The summed E-state index contributed by atoms with van der Waals surface area (Å²) < 4.78 is 19.1. The van der Waals surface area contributed by atoms with Crippen molar-refractivity contribution in [2.24, 2.45) is 0 Å². The molecule has 29 heavy (non-hydrogen) atoms. The standard InChI is InChI=1S/C22H26FN3O3/c1-17(27)26(11-10-22(28)24-16-18-6-2-3-7-19(18)23)21-9-5-4-8-20(21)25-12-14-29-15-13-25/h2-9H,10-16H2,1H3,(H,24,28). The zero-order valence-electron chi connectivity index (χ0n) is 16.6. The van der Waals surface area contributed by atoms with E-state index in [2.05, 4.69) is 10.2 Å². The summed E-state index contributed by atoms with van der Waals surface area (Å²) in [5.41, 5.74) is 2.17. The fourth-order valence-electron chi connectivity index (χ4n) is 3.35. The van der Waals surface area contributed by atoms with Gasteiger partial charge in [-0.05, 0) is 18.2 Å². The Bertz CT molecular complexity index is 853. The molecular formula is C22H26FN3O3. The molecule has 0 unspecified atom stereocenters. The molecule has 1 fully saturated rings. The monoisotopic (exact) mass is 399 g/mol. The number of nitrogens with zero attached hydrogens (tertiary/aromatic N) is 2. The number of hydrogen-bond donors (Lipinski definition) is 1. The molecule has 1 aliphatic heterocycles. The molecule has 0 saturated carbocycles. The van der Waals surface area contributed by atoms with Crippen molar-refractivity contribution in [1.29, 1.82) is 0 Å². The Hall–Kier alpha value is -2.93. The molecule has 1 heterocycles. The van der Waals surface area contributed by atoms with Gasteiger partial charge in [0.1, 0.15) is 5.82 Å². The first kappa shape index (κ1) is 20.8. The number of halogens is 1. The number of hydrogen-bond acceptors (Lipinski definition) is 4. The Morgan fingerprint density at radius 2 is 1.79 bits per heavy atom. The highest BCUT2D eigenvalue weighted by atomic mass is 19.1. The molecule has 3 rings (SSSR count). The summed E-state index contributed by atoms with van der Waals surface area (Å²) in [6.07, 6.45) is 0.130. The highest BCUT2D eigenvalue weighted by molar-refractivity contribution is 5.96. The van der Waals surface area contributed by atoms with Gasteiger partial charge in [-0.25, -0.2) is 4.39 Å². The molecule has 7 heteroatoms. The summed E-state index contributed by atoms with van der Waals surface area (Å²) in [5, 5.41) is 2.72. The summed E-state index contributed by atoms with van der Waals surface area (Å²) in [6, 6.07) is 14.0. The van der Waals surface area contributed by atoms with E-state index >= 15 is 0 Å². The molecule has 2 aromatic carbocycles. The van der Waals surface area contributed by atoms with E-state index in [1.807, 2.05) is 24.3 Å². The maximum atomic E-state index is 13.7. The predicted molar refractivity (Wildman–Crippen MR) is 110 cm³/mol.